The summed E-state index contributed by atoms with van der Waals surface area (Å²) in [5.41, 5.74) is 0.899. The first-order valence-corrected chi connectivity index (χ1v) is 6.12. The second-order valence-corrected chi connectivity index (χ2v) is 4.22. The fourth-order valence-corrected chi connectivity index (χ4v) is 2.05. The second kappa shape index (κ2) is 7.62. The van der Waals surface area contributed by atoms with E-state index in [0.717, 1.165) is 5.56 Å². The van der Waals surface area contributed by atoms with Gasteiger partial charge in [-0.1, -0.05) is 6.07 Å². The van der Waals surface area contributed by atoms with Gasteiger partial charge in [0.15, 0.2) is 0 Å². The Morgan fingerprint density at radius 1 is 1.00 bits per heavy atom. The Morgan fingerprint density at radius 2 is 1.60 bits per heavy atom. The van der Waals surface area contributed by atoms with Crippen LogP contribution in [0.1, 0.15) is 31.8 Å². The fraction of sp³-hybridized carbons (Fsp3) is 0.429. The molecule has 0 spiro atoms. The molecule has 0 amide bonds. The van der Waals surface area contributed by atoms with Crippen molar-refractivity contribution >= 4 is 11.9 Å². The molecule has 1 rings (SSSR count). The van der Waals surface area contributed by atoms with E-state index in [-0.39, 0.29) is 11.1 Å². The highest BCUT2D eigenvalue weighted by molar-refractivity contribution is 6.03. The standard InChI is InChI=1S/C14H18O6/c1-19-7-5-9-3-4-11(13(15)16)12(14(17)18)10(9)6-8-20-2/h3-4H,5-8H2,1-2H3,(H,15,16)(H,17,18). The van der Waals surface area contributed by atoms with Gasteiger partial charge in [0.1, 0.15) is 0 Å². The summed E-state index contributed by atoms with van der Waals surface area (Å²) in [6.07, 6.45) is 0.869. The minimum absolute atomic E-state index is 0.164. The Kier molecular flexibility index (Phi) is 6.14. The molecule has 0 bridgehead atoms. The molecular formula is C14H18O6. The topological polar surface area (TPSA) is 93.1 Å². The molecule has 110 valence electrons. The van der Waals surface area contributed by atoms with Gasteiger partial charge in [0.05, 0.1) is 24.3 Å². The highest BCUT2D eigenvalue weighted by Crippen LogP contribution is 2.22. The molecule has 0 radical (unpaired) electrons. The van der Waals surface area contributed by atoms with Gasteiger partial charge in [0.2, 0.25) is 0 Å². The summed E-state index contributed by atoms with van der Waals surface area (Å²) in [7, 11) is 3.06. The first kappa shape index (κ1) is 16.1. The average Bonchev–Trinajstić information content (AvgIpc) is 2.41. The first-order valence-electron chi connectivity index (χ1n) is 6.12. The van der Waals surface area contributed by atoms with Gasteiger partial charge in [-0.05, 0) is 30.0 Å². The summed E-state index contributed by atoms with van der Waals surface area (Å²) in [4.78, 5) is 22.6. The SMILES string of the molecule is COCCc1ccc(C(=O)O)c(C(=O)O)c1CCOC. The third kappa shape index (κ3) is 3.79. The highest BCUT2D eigenvalue weighted by Gasteiger charge is 2.22. The summed E-state index contributed by atoms with van der Waals surface area (Å²) in [6, 6.07) is 2.97. The lowest BCUT2D eigenvalue weighted by Gasteiger charge is -2.14. The summed E-state index contributed by atoms with van der Waals surface area (Å²) in [6.45, 7) is 0.759. The smallest absolute Gasteiger partial charge is 0.336 e. The van der Waals surface area contributed by atoms with E-state index in [1.165, 1.54) is 13.2 Å². The summed E-state index contributed by atoms with van der Waals surface area (Å²) in [5.74, 6) is -2.49. The van der Waals surface area contributed by atoms with Gasteiger partial charge in [0.25, 0.3) is 0 Å². The summed E-state index contributed by atoms with van der Waals surface area (Å²) >= 11 is 0. The summed E-state index contributed by atoms with van der Waals surface area (Å²) in [5, 5.41) is 18.4. The fourth-order valence-electron chi connectivity index (χ4n) is 2.05. The van der Waals surface area contributed by atoms with Crippen molar-refractivity contribution in [3.63, 3.8) is 0 Å². The molecular weight excluding hydrogens is 264 g/mol. The lowest BCUT2D eigenvalue weighted by atomic mass is 9.92. The molecule has 0 atom stereocenters. The minimum Gasteiger partial charge on any atom is -0.478 e. The Morgan fingerprint density at radius 3 is 2.10 bits per heavy atom. The molecule has 0 unspecified atom stereocenters. The molecule has 2 N–H and O–H groups in total. The predicted octanol–water partition coefficient (Wildman–Crippen LogP) is 1.46. The molecule has 0 saturated carbocycles. The van der Waals surface area contributed by atoms with E-state index in [9.17, 15) is 14.7 Å². The number of ether oxygens (including phenoxy) is 2. The lowest BCUT2D eigenvalue weighted by Crippen LogP contribution is -2.15. The molecule has 6 heteroatoms. The normalized spacial score (nSPS) is 10.5. The van der Waals surface area contributed by atoms with Gasteiger partial charge in [-0.15, -0.1) is 0 Å². The maximum absolute atomic E-state index is 11.4. The van der Waals surface area contributed by atoms with Crippen molar-refractivity contribution in [2.24, 2.45) is 0 Å². The van der Waals surface area contributed by atoms with E-state index in [1.54, 1.807) is 13.2 Å². The molecule has 6 nitrogen and oxygen atoms in total. The second-order valence-electron chi connectivity index (χ2n) is 4.22. The Balaban J connectivity index is 3.35. The van der Waals surface area contributed by atoms with Crippen LogP contribution in [0.25, 0.3) is 0 Å². The number of aromatic carboxylic acids is 2. The number of hydrogen-bond acceptors (Lipinski definition) is 4. The van der Waals surface area contributed by atoms with Crippen LogP contribution in [0.15, 0.2) is 12.1 Å². The zero-order valence-corrected chi connectivity index (χ0v) is 11.5. The van der Waals surface area contributed by atoms with Crippen molar-refractivity contribution in [2.75, 3.05) is 27.4 Å². The number of benzene rings is 1. The average molecular weight is 282 g/mol. The molecule has 0 fully saturated rings. The number of hydrogen-bond donors (Lipinski definition) is 2. The van der Waals surface area contributed by atoms with Gasteiger partial charge in [-0.2, -0.15) is 0 Å². The molecule has 20 heavy (non-hydrogen) atoms. The summed E-state index contributed by atoms with van der Waals surface area (Å²) < 4.78 is 9.96. The monoisotopic (exact) mass is 282 g/mol. The number of carbonyl (C=O) groups is 2. The molecule has 0 aromatic heterocycles. The van der Waals surface area contributed by atoms with E-state index < -0.39 is 11.9 Å². The number of carboxylic acids is 2. The highest BCUT2D eigenvalue weighted by atomic mass is 16.5. The van der Waals surface area contributed by atoms with Crippen LogP contribution in [0, 0.1) is 0 Å². The van der Waals surface area contributed by atoms with Crippen molar-refractivity contribution in [1.82, 2.24) is 0 Å². The van der Waals surface area contributed by atoms with Crippen LogP contribution in [0.4, 0.5) is 0 Å². The van der Waals surface area contributed by atoms with Gasteiger partial charge < -0.3 is 19.7 Å². The molecule has 1 aromatic carbocycles. The first-order chi connectivity index (χ1) is 9.52. The maximum atomic E-state index is 11.4. The van der Waals surface area contributed by atoms with Crippen molar-refractivity contribution in [1.29, 1.82) is 0 Å². The third-order valence-electron chi connectivity index (χ3n) is 2.99. The van der Waals surface area contributed by atoms with E-state index in [4.69, 9.17) is 14.6 Å². The number of carboxylic acid groups (broad SMARTS) is 2. The van der Waals surface area contributed by atoms with Crippen LogP contribution in [0.3, 0.4) is 0 Å². The molecule has 0 heterocycles. The van der Waals surface area contributed by atoms with Gasteiger partial charge in [-0.25, -0.2) is 9.59 Å². The van der Waals surface area contributed by atoms with Crippen LogP contribution in [-0.2, 0) is 22.3 Å². The van der Waals surface area contributed by atoms with Crippen molar-refractivity contribution < 1.29 is 29.3 Å². The minimum atomic E-state index is -1.25. The largest absolute Gasteiger partial charge is 0.478 e. The van der Waals surface area contributed by atoms with Gasteiger partial charge in [0, 0.05) is 14.2 Å². The van der Waals surface area contributed by atoms with E-state index in [2.05, 4.69) is 0 Å². The Bertz CT molecular complexity index is 495. The number of methoxy groups -OCH3 is 2. The van der Waals surface area contributed by atoms with E-state index in [1.807, 2.05) is 0 Å². The molecule has 0 aliphatic heterocycles. The quantitative estimate of drug-likeness (QED) is 0.749. The molecule has 1 aromatic rings. The van der Waals surface area contributed by atoms with E-state index >= 15 is 0 Å². The van der Waals surface area contributed by atoms with Crippen molar-refractivity contribution in [3.05, 3.63) is 34.4 Å². The molecule has 0 saturated heterocycles. The van der Waals surface area contributed by atoms with Crippen LogP contribution >= 0.6 is 0 Å². The van der Waals surface area contributed by atoms with Crippen LogP contribution in [0.2, 0.25) is 0 Å². The van der Waals surface area contributed by atoms with Crippen LogP contribution in [0.5, 0.6) is 0 Å². The maximum Gasteiger partial charge on any atom is 0.336 e. The predicted molar refractivity (Wildman–Crippen MR) is 71.5 cm³/mol. The zero-order valence-electron chi connectivity index (χ0n) is 11.5. The Labute approximate surface area is 116 Å². The molecule has 0 aliphatic rings. The van der Waals surface area contributed by atoms with Gasteiger partial charge in [-0.3, -0.25) is 0 Å². The van der Waals surface area contributed by atoms with E-state index in [0.29, 0.717) is 31.6 Å². The van der Waals surface area contributed by atoms with Crippen molar-refractivity contribution in [3.8, 4) is 0 Å². The van der Waals surface area contributed by atoms with Crippen LogP contribution in [-0.4, -0.2) is 49.6 Å². The van der Waals surface area contributed by atoms with Crippen molar-refractivity contribution in [2.45, 2.75) is 12.8 Å². The number of rotatable bonds is 8. The lowest BCUT2D eigenvalue weighted by molar-refractivity contribution is 0.0649. The zero-order chi connectivity index (χ0) is 15.1. The third-order valence-corrected chi connectivity index (χ3v) is 2.99. The van der Waals surface area contributed by atoms with Gasteiger partial charge >= 0.3 is 11.9 Å². The Hall–Kier alpha value is -1.92. The van der Waals surface area contributed by atoms with Crippen LogP contribution < -0.4 is 0 Å². The molecule has 0 aliphatic carbocycles.